The monoisotopic (exact) mass is 333 g/mol. The van der Waals surface area contributed by atoms with Crippen molar-refractivity contribution in [2.45, 2.75) is 63.3 Å². The van der Waals surface area contributed by atoms with Crippen molar-refractivity contribution >= 4 is 5.91 Å². The van der Waals surface area contributed by atoms with Gasteiger partial charge in [0.05, 0.1) is 12.3 Å². The van der Waals surface area contributed by atoms with E-state index in [1.54, 1.807) is 13.3 Å². The highest BCUT2D eigenvalue weighted by Crippen LogP contribution is 2.30. The molecule has 1 amide bonds. The molecular weight excluding hydrogens is 306 g/mol. The van der Waals surface area contributed by atoms with Gasteiger partial charge in [-0.2, -0.15) is 0 Å². The van der Waals surface area contributed by atoms with Crippen molar-refractivity contribution in [2.24, 2.45) is 5.92 Å². The van der Waals surface area contributed by atoms with Gasteiger partial charge in [-0.25, -0.2) is 0 Å². The smallest absolute Gasteiger partial charge is 0.273 e. The van der Waals surface area contributed by atoms with Gasteiger partial charge in [0.25, 0.3) is 5.91 Å². The van der Waals surface area contributed by atoms with E-state index in [-0.39, 0.29) is 11.9 Å². The molecule has 0 spiro atoms. The number of nitrogens with one attached hydrogen (secondary N) is 1. The molecule has 0 radical (unpaired) electrons. The molecule has 24 heavy (non-hydrogen) atoms. The molecule has 132 valence electrons. The predicted octanol–water partition coefficient (Wildman–Crippen LogP) is 1.06. The fraction of sp³-hybridized carbons (Fsp3) is 0.824. The van der Waals surface area contributed by atoms with Crippen molar-refractivity contribution < 1.29 is 9.53 Å². The minimum atomic E-state index is -0.0866. The lowest BCUT2D eigenvalue weighted by Gasteiger charge is -2.29. The second-order valence-electron chi connectivity index (χ2n) is 7.49. The molecule has 1 aromatic rings. The van der Waals surface area contributed by atoms with Gasteiger partial charge in [-0.1, -0.05) is 5.21 Å². The number of carbonyl (C=O) groups excluding carboxylic acids is 1. The average molecular weight is 333 g/mol. The van der Waals surface area contributed by atoms with Crippen molar-refractivity contribution in [1.82, 2.24) is 25.2 Å². The lowest BCUT2D eigenvalue weighted by molar-refractivity contribution is 0.0869. The number of carbonyl (C=O) groups is 1. The van der Waals surface area contributed by atoms with Crippen LogP contribution in [0.1, 0.15) is 49.0 Å². The Morgan fingerprint density at radius 3 is 2.96 bits per heavy atom. The van der Waals surface area contributed by atoms with E-state index in [9.17, 15) is 4.79 Å². The Kier molecular flexibility index (Phi) is 4.54. The number of methoxy groups -OCH3 is 1. The number of aromatic nitrogens is 3. The first-order valence-electron chi connectivity index (χ1n) is 9.21. The third-order valence-electron chi connectivity index (χ3n) is 5.69. The summed E-state index contributed by atoms with van der Waals surface area (Å²) in [5.41, 5.74) is 0.442. The summed E-state index contributed by atoms with van der Waals surface area (Å²) in [5.74, 6) is 0.641. The van der Waals surface area contributed by atoms with Crippen LogP contribution in [0.3, 0.4) is 0 Å². The van der Waals surface area contributed by atoms with Gasteiger partial charge in [0.1, 0.15) is 0 Å². The standard InChI is InChI=1S/C17H27N5O2/c1-24-13-7-8-21(10-13)16-4-2-3-14(16)18-17(23)15-11-22(20-19-15)9-12-5-6-12/h11-14,16H,2-10H2,1H3,(H,18,23)/t13?,14-,16+/m1/s1. The van der Waals surface area contributed by atoms with Crippen LogP contribution in [0.15, 0.2) is 6.20 Å². The van der Waals surface area contributed by atoms with E-state index in [4.69, 9.17) is 4.74 Å². The van der Waals surface area contributed by atoms with Gasteiger partial charge in [-0.05, 0) is 44.4 Å². The molecule has 1 unspecified atom stereocenters. The lowest BCUT2D eigenvalue weighted by atomic mass is 10.1. The number of rotatable bonds is 6. The first kappa shape index (κ1) is 16.0. The predicted molar refractivity (Wildman–Crippen MR) is 88.6 cm³/mol. The Morgan fingerprint density at radius 1 is 1.33 bits per heavy atom. The second-order valence-corrected chi connectivity index (χ2v) is 7.49. The number of hydrogen-bond acceptors (Lipinski definition) is 5. The molecule has 2 saturated carbocycles. The van der Waals surface area contributed by atoms with Gasteiger partial charge in [0, 0.05) is 38.8 Å². The van der Waals surface area contributed by atoms with Gasteiger partial charge < -0.3 is 10.1 Å². The molecule has 3 aliphatic rings. The van der Waals surface area contributed by atoms with Crippen LogP contribution in [-0.2, 0) is 11.3 Å². The van der Waals surface area contributed by atoms with Crippen molar-refractivity contribution in [3.8, 4) is 0 Å². The molecule has 3 fully saturated rings. The number of ether oxygens (including phenoxy) is 1. The molecule has 3 atom stereocenters. The molecule has 1 N–H and O–H groups in total. The highest BCUT2D eigenvalue weighted by atomic mass is 16.5. The van der Waals surface area contributed by atoms with E-state index < -0.39 is 0 Å². The number of amides is 1. The molecule has 7 nitrogen and oxygen atoms in total. The fourth-order valence-corrected chi connectivity index (χ4v) is 4.09. The number of likely N-dealkylation sites (tertiary alicyclic amines) is 1. The van der Waals surface area contributed by atoms with Gasteiger partial charge >= 0.3 is 0 Å². The molecule has 1 aliphatic heterocycles. The van der Waals surface area contributed by atoms with Crippen LogP contribution in [0.2, 0.25) is 0 Å². The SMILES string of the molecule is COC1CCN([C@H]2CCC[C@H]2NC(=O)c2cn(CC3CC3)nn2)C1. The van der Waals surface area contributed by atoms with E-state index in [1.165, 1.54) is 12.8 Å². The highest BCUT2D eigenvalue weighted by molar-refractivity contribution is 5.92. The fourth-order valence-electron chi connectivity index (χ4n) is 4.09. The molecule has 2 aliphatic carbocycles. The second kappa shape index (κ2) is 6.80. The van der Waals surface area contributed by atoms with Crippen molar-refractivity contribution in [2.75, 3.05) is 20.2 Å². The van der Waals surface area contributed by atoms with E-state index >= 15 is 0 Å². The maximum atomic E-state index is 12.5. The summed E-state index contributed by atoms with van der Waals surface area (Å²) in [4.78, 5) is 15.0. The minimum absolute atomic E-state index is 0.0866. The Morgan fingerprint density at radius 2 is 2.21 bits per heavy atom. The number of nitrogens with zero attached hydrogens (tertiary/aromatic N) is 4. The van der Waals surface area contributed by atoms with E-state index in [2.05, 4.69) is 20.5 Å². The van der Waals surface area contributed by atoms with Gasteiger partial charge in [0.15, 0.2) is 5.69 Å². The summed E-state index contributed by atoms with van der Waals surface area (Å²) in [5, 5.41) is 11.3. The van der Waals surface area contributed by atoms with Crippen LogP contribution < -0.4 is 5.32 Å². The average Bonchev–Trinajstić information content (AvgIpc) is 2.99. The number of hydrogen-bond donors (Lipinski definition) is 1. The quantitative estimate of drug-likeness (QED) is 0.843. The third-order valence-corrected chi connectivity index (χ3v) is 5.69. The molecule has 1 aromatic heterocycles. The first-order valence-corrected chi connectivity index (χ1v) is 9.21. The van der Waals surface area contributed by atoms with Crippen LogP contribution in [0.4, 0.5) is 0 Å². The Bertz CT molecular complexity index is 585. The van der Waals surface area contributed by atoms with Crippen LogP contribution in [0.25, 0.3) is 0 Å². The molecule has 0 aromatic carbocycles. The third kappa shape index (κ3) is 3.47. The lowest BCUT2D eigenvalue weighted by Crippen LogP contribution is -2.48. The Balaban J connectivity index is 1.34. The van der Waals surface area contributed by atoms with E-state index in [0.29, 0.717) is 17.8 Å². The van der Waals surface area contributed by atoms with Crippen LogP contribution in [-0.4, -0.2) is 64.2 Å². The van der Waals surface area contributed by atoms with Gasteiger partial charge in [0.2, 0.25) is 0 Å². The molecule has 4 rings (SSSR count). The molecule has 7 heteroatoms. The maximum absolute atomic E-state index is 12.5. The van der Waals surface area contributed by atoms with Gasteiger partial charge in [-0.15, -0.1) is 5.10 Å². The molecule has 0 bridgehead atoms. The summed E-state index contributed by atoms with van der Waals surface area (Å²) >= 11 is 0. The van der Waals surface area contributed by atoms with Crippen molar-refractivity contribution in [3.05, 3.63) is 11.9 Å². The summed E-state index contributed by atoms with van der Waals surface area (Å²) in [6.45, 7) is 2.93. The summed E-state index contributed by atoms with van der Waals surface area (Å²) in [6, 6.07) is 0.636. The Hall–Kier alpha value is -1.47. The van der Waals surface area contributed by atoms with Crippen LogP contribution in [0.5, 0.6) is 0 Å². The van der Waals surface area contributed by atoms with Crippen LogP contribution in [0, 0.1) is 5.92 Å². The molecule has 2 heterocycles. The minimum Gasteiger partial charge on any atom is -0.380 e. The van der Waals surface area contributed by atoms with Crippen molar-refractivity contribution in [1.29, 1.82) is 0 Å². The molecule has 1 saturated heterocycles. The highest BCUT2D eigenvalue weighted by Gasteiger charge is 2.37. The zero-order valence-corrected chi connectivity index (χ0v) is 14.4. The van der Waals surface area contributed by atoms with Crippen LogP contribution >= 0.6 is 0 Å². The van der Waals surface area contributed by atoms with Crippen molar-refractivity contribution in [3.63, 3.8) is 0 Å². The Labute approximate surface area is 142 Å². The zero-order chi connectivity index (χ0) is 16.5. The largest absolute Gasteiger partial charge is 0.380 e. The van der Waals surface area contributed by atoms with E-state index in [0.717, 1.165) is 51.2 Å². The zero-order valence-electron chi connectivity index (χ0n) is 14.4. The summed E-state index contributed by atoms with van der Waals surface area (Å²) in [7, 11) is 1.78. The normalized spacial score (nSPS) is 30.8. The molecular formula is C17H27N5O2. The maximum Gasteiger partial charge on any atom is 0.273 e. The first-order chi connectivity index (χ1) is 11.7. The topological polar surface area (TPSA) is 72.3 Å². The van der Waals surface area contributed by atoms with E-state index in [1.807, 2.05) is 4.68 Å². The van der Waals surface area contributed by atoms with Gasteiger partial charge in [-0.3, -0.25) is 14.4 Å². The summed E-state index contributed by atoms with van der Waals surface area (Å²) < 4.78 is 7.28. The summed E-state index contributed by atoms with van der Waals surface area (Å²) in [6.07, 6.45) is 9.10.